The highest BCUT2D eigenvalue weighted by atomic mass is 32.1. The molecule has 0 spiro atoms. The van der Waals surface area contributed by atoms with Crippen LogP contribution in [0.15, 0.2) is 34.4 Å². The van der Waals surface area contributed by atoms with E-state index in [0.29, 0.717) is 5.69 Å². The second kappa shape index (κ2) is 8.94. The number of thiophene rings is 1. The molecule has 0 aliphatic carbocycles. The zero-order valence-electron chi connectivity index (χ0n) is 17.9. The highest BCUT2D eigenvalue weighted by Gasteiger charge is 2.31. The molecular weight excluding hydrogens is 448 g/mol. The normalized spacial score (nSPS) is 13.6. The number of nitrogens with one attached hydrogen (secondary N) is 1. The number of esters is 1. The molecule has 1 saturated heterocycles. The van der Waals surface area contributed by atoms with Gasteiger partial charge in [0.2, 0.25) is 17.7 Å². The molecule has 0 bridgehead atoms. The van der Waals surface area contributed by atoms with Gasteiger partial charge in [-0.25, -0.2) is 4.79 Å². The monoisotopic (exact) mass is 468 g/mol. The number of benzene rings is 1. The van der Waals surface area contributed by atoms with Crippen LogP contribution in [0.25, 0.3) is 16.5 Å². The van der Waals surface area contributed by atoms with Gasteiger partial charge >= 0.3 is 5.97 Å². The molecule has 0 saturated carbocycles. The lowest BCUT2D eigenvalue weighted by molar-refractivity contribution is -0.141. The van der Waals surface area contributed by atoms with E-state index < -0.39 is 35.8 Å². The number of carbonyl (C=O) groups is 4. The molecule has 1 fully saturated rings. The lowest BCUT2D eigenvalue weighted by atomic mass is 10.2. The summed E-state index contributed by atoms with van der Waals surface area (Å²) in [5.41, 5.74) is 0.741. The number of carbonyl (C=O) groups excluding carboxylic acids is 4. The molecular formula is C22H20N4O6S. The summed E-state index contributed by atoms with van der Waals surface area (Å²) in [7, 11) is 0. The summed E-state index contributed by atoms with van der Waals surface area (Å²) in [5.74, 6) is -2.16. The van der Waals surface area contributed by atoms with Crippen molar-refractivity contribution in [2.24, 2.45) is 0 Å². The van der Waals surface area contributed by atoms with E-state index in [9.17, 15) is 24.0 Å². The van der Waals surface area contributed by atoms with Gasteiger partial charge in [0.15, 0.2) is 5.69 Å². The largest absolute Gasteiger partial charge is 0.461 e. The third kappa shape index (κ3) is 4.27. The zero-order valence-corrected chi connectivity index (χ0v) is 18.7. The van der Waals surface area contributed by atoms with E-state index in [1.54, 1.807) is 30.5 Å². The molecule has 1 aromatic carbocycles. The van der Waals surface area contributed by atoms with Crippen LogP contribution in [0.4, 0.5) is 5.00 Å². The van der Waals surface area contributed by atoms with Crippen molar-refractivity contribution in [1.82, 2.24) is 14.7 Å². The molecule has 0 unspecified atom stereocenters. The fraction of sp³-hybridized carbons (Fsp3) is 0.273. The number of aromatic nitrogens is 2. The number of hydrogen-bond donors (Lipinski definition) is 1. The molecule has 33 heavy (non-hydrogen) atoms. The van der Waals surface area contributed by atoms with Crippen LogP contribution in [0.2, 0.25) is 0 Å². The van der Waals surface area contributed by atoms with Gasteiger partial charge in [0, 0.05) is 23.6 Å². The maximum Gasteiger partial charge on any atom is 0.359 e. The zero-order chi connectivity index (χ0) is 23.7. The van der Waals surface area contributed by atoms with E-state index in [0.717, 1.165) is 26.5 Å². The van der Waals surface area contributed by atoms with Crippen LogP contribution in [0.3, 0.4) is 0 Å². The van der Waals surface area contributed by atoms with Gasteiger partial charge in [-0.05, 0) is 31.5 Å². The molecule has 1 aliphatic heterocycles. The van der Waals surface area contributed by atoms with Crippen LogP contribution >= 0.6 is 11.3 Å². The van der Waals surface area contributed by atoms with E-state index in [2.05, 4.69) is 10.4 Å². The summed E-state index contributed by atoms with van der Waals surface area (Å²) >= 11 is 1.04. The Labute approximate surface area is 191 Å². The SMILES string of the molecule is CCOC(=O)c1nn(-c2cccc(C)c2)c(=O)c2c(NC(=O)CN3C(=O)CCC3=O)scc12. The number of amides is 3. The summed E-state index contributed by atoms with van der Waals surface area (Å²) in [6.07, 6.45) is 0.146. The molecule has 3 heterocycles. The van der Waals surface area contributed by atoms with Gasteiger partial charge in [-0.2, -0.15) is 9.78 Å². The molecule has 3 amide bonds. The van der Waals surface area contributed by atoms with Gasteiger partial charge < -0.3 is 10.1 Å². The molecule has 11 heteroatoms. The number of imide groups is 1. The van der Waals surface area contributed by atoms with Crippen LogP contribution in [-0.4, -0.2) is 51.5 Å². The van der Waals surface area contributed by atoms with Crippen molar-refractivity contribution in [3.8, 4) is 5.69 Å². The first-order chi connectivity index (χ1) is 15.8. The number of hydrogen-bond acceptors (Lipinski definition) is 8. The van der Waals surface area contributed by atoms with Crippen molar-refractivity contribution in [3.63, 3.8) is 0 Å². The Hall–Kier alpha value is -3.86. The van der Waals surface area contributed by atoms with E-state index >= 15 is 0 Å². The molecule has 3 aromatic rings. The lowest BCUT2D eigenvalue weighted by Gasteiger charge is -2.13. The van der Waals surface area contributed by atoms with Crippen LogP contribution in [0.1, 0.15) is 35.8 Å². The standard InChI is InChI=1S/C22H20N4O6S/c1-3-32-22(31)19-14-11-33-20(23-15(27)10-25-16(28)7-8-17(25)29)18(14)21(30)26(24-19)13-6-4-5-12(2)9-13/h4-6,9,11H,3,7-8,10H2,1-2H3,(H,23,27). The maximum atomic E-state index is 13.4. The topological polar surface area (TPSA) is 128 Å². The Bertz CT molecular complexity index is 1340. The van der Waals surface area contributed by atoms with Crippen LogP contribution in [0.5, 0.6) is 0 Å². The van der Waals surface area contributed by atoms with E-state index in [1.165, 1.54) is 0 Å². The number of nitrogens with zero attached hydrogens (tertiary/aromatic N) is 3. The number of rotatable bonds is 6. The molecule has 170 valence electrons. The van der Waals surface area contributed by atoms with Crippen LogP contribution in [-0.2, 0) is 19.1 Å². The smallest absolute Gasteiger partial charge is 0.359 e. The Morgan fingerprint density at radius 1 is 1.18 bits per heavy atom. The number of ether oxygens (including phenoxy) is 1. The van der Waals surface area contributed by atoms with Crippen molar-refractivity contribution in [2.75, 3.05) is 18.5 Å². The van der Waals surface area contributed by atoms with Gasteiger partial charge in [0.25, 0.3) is 5.56 Å². The van der Waals surface area contributed by atoms with Crippen molar-refractivity contribution < 1.29 is 23.9 Å². The molecule has 10 nitrogen and oxygen atoms in total. The van der Waals surface area contributed by atoms with Gasteiger partial charge in [-0.15, -0.1) is 11.3 Å². The molecule has 1 aliphatic rings. The summed E-state index contributed by atoms with van der Waals surface area (Å²) < 4.78 is 6.21. The fourth-order valence-corrected chi connectivity index (χ4v) is 4.49. The van der Waals surface area contributed by atoms with E-state index in [1.807, 2.05) is 13.0 Å². The predicted octanol–water partition coefficient (Wildman–Crippen LogP) is 2.02. The highest BCUT2D eigenvalue weighted by molar-refractivity contribution is 7.16. The van der Waals surface area contributed by atoms with Crippen LogP contribution < -0.4 is 10.9 Å². The number of likely N-dealkylation sites (tertiary alicyclic amines) is 1. The molecule has 0 radical (unpaired) electrons. The van der Waals surface area contributed by atoms with Crippen molar-refractivity contribution in [2.45, 2.75) is 26.7 Å². The van der Waals surface area contributed by atoms with E-state index in [4.69, 9.17) is 4.74 Å². The minimum atomic E-state index is -0.701. The number of anilines is 1. The second-order valence-electron chi connectivity index (χ2n) is 7.40. The highest BCUT2D eigenvalue weighted by Crippen LogP contribution is 2.31. The van der Waals surface area contributed by atoms with Crippen molar-refractivity contribution in [3.05, 3.63) is 51.3 Å². The van der Waals surface area contributed by atoms with Crippen molar-refractivity contribution in [1.29, 1.82) is 0 Å². The third-order valence-corrected chi connectivity index (χ3v) is 5.97. The van der Waals surface area contributed by atoms with Crippen LogP contribution in [0, 0.1) is 6.92 Å². The summed E-state index contributed by atoms with van der Waals surface area (Å²) in [5, 5.41) is 8.92. The summed E-state index contributed by atoms with van der Waals surface area (Å²) in [6, 6.07) is 7.03. The van der Waals surface area contributed by atoms with Gasteiger partial charge in [-0.1, -0.05) is 12.1 Å². The lowest BCUT2D eigenvalue weighted by Crippen LogP contribution is -2.37. The first-order valence-electron chi connectivity index (χ1n) is 10.2. The molecule has 0 atom stereocenters. The first-order valence-corrected chi connectivity index (χ1v) is 11.1. The Balaban J connectivity index is 1.79. The Morgan fingerprint density at radius 3 is 2.58 bits per heavy atom. The minimum absolute atomic E-state index is 0.0606. The number of fused-ring (bicyclic) bond motifs is 1. The van der Waals surface area contributed by atoms with Crippen molar-refractivity contribution >= 4 is 50.8 Å². The second-order valence-corrected chi connectivity index (χ2v) is 8.28. The quantitative estimate of drug-likeness (QED) is 0.433. The Morgan fingerprint density at radius 2 is 1.91 bits per heavy atom. The predicted molar refractivity (Wildman–Crippen MR) is 120 cm³/mol. The maximum absolute atomic E-state index is 13.4. The molecule has 1 N–H and O–H groups in total. The minimum Gasteiger partial charge on any atom is -0.461 e. The molecule has 2 aromatic heterocycles. The average molecular weight is 468 g/mol. The molecule has 4 rings (SSSR count). The van der Waals surface area contributed by atoms with Gasteiger partial charge in [0.05, 0.1) is 17.7 Å². The average Bonchev–Trinajstić information content (AvgIpc) is 3.33. The first kappa shape index (κ1) is 22.3. The van der Waals surface area contributed by atoms with E-state index in [-0.39, 0.29) is 40.9 Å². The number of aryl methyl sites for hydroxylation is 1. The fourth-order valence-electron chi connectivity index (χ4n) is 3.54. The van der Waals surface area contributed by atoms with Gasteiger partial charge in [-0.3, -0.25) is 24.1 Å². The Kier molecular flexibility index (Phi) is 6.05. The third-order valence-electron chi connectivity index (χ3n) is 5.08. The summed E-state index contributed by atoms with van der Waals surface area (Å²) in [6.45, 7) is 3.19. The van der Waals surface area contributed by atoms with Gasteiger partial charge in [0.1, 0.15) is 11.5 Å². The summed E-state index contributed by atoms with van der Waals surface area (Å²) in [4.78, 5) is 63.0.